The topological polar surface area (TPSA) is 111 Å². The number of hydrogen-bond acceptors (Lipinski definition) is 9. The number of amides is 2. The average Bonchev–Trinajstić information content (AvgIpc) is 3.86. The maximum Gasteiger partial charge on any atom is 0.258 e. The number of rotatable bonds is 12. The van der Waals surface area contributed by atoms with E-state index in [0.29, 0.717) is 23.2 Å². The van der Waals surface area contributed by atoms with Crippen LogP contribution in [0, 0.1) is 6.92 Å². The lowest BCUT2D eigenvalue weighted by atomic mass is 10.0. The number of ether oxygens (including phenoxy) is 2. The molecule has 5 aromatic rings. The number of benzene rings is 3. The highest BCUT2D eigenvalue weighted by molar-refractivity contribution is 7.99. The maximum absolute atomic E-state index is 13.8. The highest BCUT2D eigenvalue weighted by Crippen LogP contribution is 2.35. The van der Waals surface area contributed by atoms with Gasteiger partial charge in [0, 0.05) is 12.1 Å². The normalized spacial score (nSPS) is 14.2. The van der Waals surface area contributed by atoms with Crippen molar-refractivity contribution in [1.29, 1.82) is 0 Å². The number of hydrogen-bond donors (Lipinski definition) is 1. The first-order chi connectivity index (χ1) is 22.5. The molecule has 3 heterocycles. The van der Waals surface area contributed by atoms with Gasteiger partial charge in [0.15, 0.2) is 17.6 Å². The Morgan fingerprint density at radius 2 is 1.80 bits per heavy atom. The molecule has 234 valence electrons. The van der Waals surface area contributed by atoms with Crippen LogP contribution in [-0.2, 0) is 16.1 Å². The monoisotopic (exact) mass is 652 g/mol. The molecule has 0 aliphatic carbocycles. The standard InChI is InChI=1S/C34H32N6O4S2/c1-23-8-6-9-25(18-23)39-31(20-35-32(41)21-44-27-10-4-3-5-11-27)36-37-34(39)46-22-33(42)40-29(24-13-15-26(43-2)16-14-24)19-28(38-40)30-12-7-17-45-30/h3-18,29H,19-22H2,1-2H3,(H,35,41). The lowest BCUT2D eigenvalue weighted by Crippen LogP contribution is -2.29. The number of methoxy groups -OCH3 is 1. The summed E-state index contributed by atoms with van der Waals surface area (Å²) in [4.78, 5) is 27.4. The first kappa shape index (κ1) is 31.1. The summed E-state index contributed by atoms with van der Waals surface area (Å²) in [6.45, 7) is 2.01. The van der Waals surface area contributed by atoms with Crippen LogP contribution in [0.2, 0.25) is 0 Å². The molecule has 1 N–H and O–H groups in total. The molecule has 2 amide bonds. The molecule has 3 aromatic carbocycles. The first-order valence-corrected chi connectivity index (χ1v) is 16.5. The van der Waals surface area contributed by atoms with Gasteiger partial charge in [0.05, 0.1) is 36.0 Å². The highest BCUT2D eigenvalue weighted by Gasteiger charge is 2.33. The predicted molar refractivity (Wildman–Crippen MR) is 179 cm³/mol. The summed E-state index contributed by atoms with van der Waals surface area (Å²) in [6.07, 6.45) is 0.612. The van der Waals surface area contributed by atoms with E-state index in [1.54, 1.807) is 35.6 Å². The number of carbonyl (C=O) groups is 2. The van der Waals surface area contributed by atoms with Gasteiger partial charge in [0.1, 0.15) is 11.5 Å². The van der Waals surface area contributed by atoms with Crippen LogP contribution in [0.4, 0.5) is 0 Å². The molecule has 0 spiro atoms. The van der Waals surface area contributed by atoms with Crippen LogP contribution >= 0.6 is 23.1 Å². The summed E-state index contributed by atoms with van der Waals surface area (Å²) >= 11 is 2.89. The van der Waals surface area contributed by atoms with Gasteiger partial charge in [-0.25, -0.2) is 5.01 Å². The Morgan fingerprint density at radius 1 is 0.978 bits per heavy atom. The Bertz CT molecular complexity index is 1820. The second kappa shape index (κ2) is 14.4. The fourth-order valence-corrected chi connectivity index (χ4v) is 6.58. The van der Waals surface area contributed by atoms with Gasteiger partial charge in [-0.3, -0.25) is 14.2 Å². The SMILES string of the molecule is COc1ccc(C2CC(c3cccs3)=NN2C(=O)CSc2nnc(CNC(=O)COc3ccccc3)n2-c2cccc(C)c2)cc1. The number of aromatic nitrogens is 3. The van der Waals surface area contributed by atoms with Gasteiger partial charge >= 0.3 is 0 Å². The molecule has 0 radical (unpaired) electrons. The number of nitrogens with one attached hydrogen (secondary N) is 1. The van der Waals surface area contributed by atoms with E-state index in [4.69, 9.17) is 14.6 Å². The van der Waals surface area contributed by atoms with E-state index in [9.17, 15) is 9.59 Å². The van der Waals surface area contributed by atoms with E-state index < -0.39 is 0 Å². The molecule has 6 rings (SSSR count). The van der Waals surface area contributed by atoms with Crippen LogP contribution < -0.4 is 14.8 Å². The van der Waals surface area contributed by atoms with Crippen LogP contribution in [0.3, 0.4) is 0 Å². The molecule has 1 atom stereocenters. The minimum atomic E-state index is -0.287. The van der Waals surface area contributed by atoms with E-state index in [1.807, 2.05) is 95.7 Å². The minimum absolute atomic E-state index is 0.0924. The van der Waals surface area contributed by atoms with Gasteiger partial charge in [-0.05, 0) is 65.9 Å². The van der Waals surface area contributed by atoms with E-state index in [0.717, 1.165) is 33.2 Å². The van der Waals surface area contributed by atoms with Crippen molar-refractivity contribution in [3.63, 3.8) is 0 Å². The van der Waals surface area contributed by atoms with Crippen molar-refractivity contribution in [3.05, 3.63) is 118 Å². The van der Waals surface area contributed by atoms with Crippen molar-refractivity contribution in [3.8, 4) is 17.2 Å². The maximum atomic E-state index is 13.8. The Morgan fingerprint density at radius 3 is 2.54 bits per heavy atom. The van der Waals surface area contributed by atoms with Gasteiger partial charge in [-0.15, -0.1) is 21.5 Å². The zero-order chi connectivity index (χ0) is 31.9. The summed E-state index contributed by atoms with van der Waals surface area (Å²) in [7, 11) is 1.63. The first-order valence-electron chi connectivity index (χ1n) is 14.6. The fraction of sp³-hybridized carbons (Fsp3) is 0.206. The van der Waals surface area contributed by atoms with E-state index in [1.165, 1.54) is 11.8 Å². The Hall–Kier alpha value is -4.94. The summed E-state index contributed by atoms with van der Waals surface area (Å²) in [5, 5.41) is 20.6. The molecule has 10 nitrogen and oxygen atoms in total. The zero-order valence-electron chi connectivity index (χ0n) is 25.3. The van der Waals surface area contributed by atoms with Crippen molar-refractivity contribution in [2.75, 3.05) is 19.5 Å². The number of nitrogens with zero attached hydrogens (tertiary/aromatic N) is 5. The van der Waals surface area contributed by atoms with Gasteiger partial charge in [0.2, 0.25) is 0 Å². The molecule has 2 aromatic heterocycles. The van der Waals surface area contributed by atoms with Crippen LogP contribution in [0.25, 0.3) is 5.69 Å². The third-order valence-electron chi connectivity index (χ3n) is 7.31. The number of thioether (sulfide) groups is 1. The number of carbonyl (C=O) groups excluding carboxylic acids is 2. The van der Waals surface area contributed by atoms with E-state index in [-0.39, 0.29) is 36.8 Å². The summed E-state index contributed by atoms with van der Waals surface area (Å²) in [5.74, 6) is 1.55. The molecular weight excluding hydrogens is 621 g/mol. The highest BCUT2D eigenvalue weighted by atomic mass is 32.2. The van der Waals surface area contributed by atoms with Crippen molar-refractivity contribution in [2.24, 2.45) is 5.10 Å². The van der Waals surface area contributed by atoms with Gasteiger partial charge < -0.3 is 14.8 Å². The number of hydrazone groups is 1. The van der Waals surface area contributed by atoms with Crippen molar-refractivity contribution < 1.29 is 19.1 Å². The summed E-state index contributed by atoms with van der Waals surface area (Å²) in [5.41, 5.74) is 3.75. The Labute approximate surface area is 275 Å². The number of aryl methyl sites for hydroxylation is 1. The molecule has 0 saturated heterocycles. The third-order valence-corrected chi connectivity index (χ3v) is 9.15. The largest absolute Gasteiger partial charge is 0.497 e. The Balaban J connectivity index is 1.19. The van der Waals surface area contributed by atoms with E-state index >= 15 is 0 Å². The second-order valence-electron chi connectivity index (χ2n) is 10.5. The number of thiophene rings is 1. The van der Waals surface area contributed by atoms with Crippen LogP contribution in [-0.4, -0.2) is 56.8 Å². The molecule has 12 heteroatoms. The van der Waals surface area contributed by atoms with Crippen LogP contribution in [0.15, 0.2) is 107 Å². The fourth-order valence-electron chi connectivity index (χ4n) is 5.04. The molecule has 0 fully saturated rings. The van der Waals surface area contributed by atoms with Gasteiger partial charge in [-0.2, -0.15) is 5.10 Å². The Kier molecular flexibility index (Phi) is 9.75. The quantitative estimate of drug-likeness (QED) is 0.169. The van der Waals surface area contributed by atoms with Gasteiger partial charge in [-0.1, -0.05) is 60.3 Å². The lowest BCUT2D eigenvalue weighted by Gasteiger charge is -2.22. The molecule has 1 aliphatic heterocycles. The van der Waals surface area contributed by atoms with Crippen molar-refractivity contribution >= 4 is 40.6 Å². The molecule has 1 unspecified atom stereocenters. The average molecular weight is 653 g/mol. The molecular formula is C34H32N6O4S2. The van der Waals surface area contributed by atoms with Crippen molar-refractivity contribution in [1.82, 2.24) is 25.1 Å². The molecule has 0 saturated carbocycles. The van der Waals surface area contributed by atoms with Crippen LogP contribution in [0.5, 0.6) is 11.5 Å². The lowest BCUT2D eigenvalue weighted by molar-refractivity contribution is -0.130. The summed E-state index contributed by atoms with van der Waals surface area (Å²) < 4.78 is 12.8. The number of para-hydroxylation sites is 1. The molecule has 46 heavy (non-hydrogen) atoms. The predicted octanol–water partition coefficient (Wildman–Crippen LogP) is 5.81. The smallest absolute Gasteiger partial charge is 0.258 e. The molecule has 0 bridgehead atoms. The summed E-state index contributed by atoms with van der Waals surface area (Å²) in [6, 6.07) is 28.6. The van der Waals surface area contributed by atoms with E-state index in [2.05, 4.69) is 15.5 Å². The zero-order valence-corrected chi connectivity index (χ0v) is 27.0. The van der Waals surface area contributed by atoms with Crippen LogP contribution in [0.1, 0.15) is 34.3 Å². The second-order valence-corrected chi connectivity index (χ2v) is 12.4. The minimum Gasteiger partial charge on any atom is -0.497 e. The molecule has 1 aliphatic rings. The third kappa shape index (κ3) is 7.30. The van der Waals surface area contributed by atoms with Crippen molar-refractivity contribution in [2.45, 2.75) is 31.1 Å². The van der Waals surface area contributed by atoms with Gasteiger partial charge in [0.25, 0.3) is 11.8 Å².